The van der Waals surface area contributed by atoms with E-state index in [1.165, 1.54) is 6.92 Å². The topological polar surface area (TPSA) is 99.2 Å². The number of ether oxygens (including phenoxy) is 1. The highest BCUT2D eigenvalue weighted by molar-refractivity contribution is 6.06. The third-order valence-corrected chi connectivity index (χ3v) is 4.25. The van der Waals surface area contributed by atoms with Crippen molar-refractivity contribution in [2.75, 3.05) is 46.4 Å². The second kappa shape index (κ2) is 9.58. The first-order valence-electron chi connectivity index (χ1n) is 8.42. The smallest absolute Gasteiger partial charge is 0.343 e. The molecule has 0 aliphatic carbocycles. The number of esters is 1. The van der Waals surface area contributed by atoms with Crippen LogP contribution in [0.4, 0.5) is 0 Å². The molecule has 0 aromatic heterocycles. The first-order chi connectivity index (χ1) is 11.3. The molecule has 0 saturated carbocycles. The lowest BCUT2D eigenvalue weighted by atomic mass is 9.92. The van der Waals surface area contributed by atoms with E-state index >= 15 is 0 Å². The maximum atomic E-state index is 12.1. The summed E-state index contributed by atoms with van der Waals surface area (Å²) in [5, 5.41) is 11.8. The Morgan fingerprint density at radius 3 is 2.29 bits per heavy atom. The van der Waals surface area contributed by atoms with Crippen LogP contribution >= 0.6 is 0 Å². The molecule has 1 saturated heterocycles. The second-order valence-electron chi connectivity index (χ2n) is 6.21. The lowest BCUT2D eigenvalue weighted by Gasteiger charge is -2.32. The summed E-state index contributed by atoms with van der Waals surface area (Å²) in [4.78, 5) is 39.8. The van der Waals surface area contributed by atoms with Gasteiger partial charge in [-0.25, -0.2) is 9.59 Å². The summed E-state index contributed by atoms with van der Waals surface area (Å²) >= 11 is 0. The van der Waals surface area contributed by atoms with Gasteiger partial charge >= 0.3 is 11.9 Å². The van der Waals surface area contributed by atoms with E-state index in [2.05, 4.69) is 22.2 Å². The number of piperazine rings is 1. The van der Waals surface area contributed by atoms with Gasteiger partial charge < -0.3 is 25.0 Å². The third-order valence-electron chi connectivity index (χ3n) is 4.25. The van der Waals surface area contributed by atoms with Crippen molar-refractivity contribution in [1.82, 2.24) is 15.1 Å². The van der Waals surface area contributed by atoms with Gasteiger partial charge in [-0.15, -0.1) is 0 Å². The minimum atomic E-state index is -2.00. The largest absolute Gasteiger partial charge is 0.479 e. The number of unbranched alkanes of at least 4 members (excludes halogenated alkanes) is 1. The standard InChI is InChI=1S/C16H29N3O5/c1-4-24-15(23)16(14(21)22,17-13(2)20)7-5-6-8-19-11-9-18(3)10-12-19/h4-12H2,1-3H3,(H,17,20)(H,21,22). The number of carboxylic acids is 1. The molecule has 8 heteroatoms. The molecular weight excluding hydrogens is 314 g/mol. The highest BCUT2D eigenvalue weighted by Gasteiger charge is 2.48. The predicted molar refractivity (Wildman–Crippen MR) is 88.6 cm³/mol. The first-order valence-corrected chi connectivity index (χ1v) is 8.42. The van der Waals surface area contributed by atoms with Crippen LogP contribution in [0.25, 0.3) is 0 Å². The summed E-state index contributed by atoms with van der Waals surface area (Å²) in [6.45, 7) is 7.74. The van der Waals surface area contributed by atoms with E-state index in [-0.39, 0.29) is 13.0 Å². The quantitative estimate of drug-likeness (QED) is 0.343. The second-order valence-corrected chi connectivity index (χ2v) is 6.21. The Labute approximate surface area is 143 Å². The SMILES string of the molecule is CCOC(=O)C(CCCCN1CCN(C)CC1)(NC(C)=O)C(=O)O. The number of hydrogen-bond acceptors (Lipinski definition) is 6. The molecule has 1 heterocycles. The minimum absolute atomic E-state index is 0.0223. The molecular formula is C16H29N3O5. The minimum Gasteiger partial charge on any atom is -0.479 e. The molecule has 0 aromatic rings. The molecule has 0 bridgehead atoms. The number of aliphatic carboxylic acids is 1. The summed E-state index contributed by atoms with van der Waals surface area (Å²) in [7, 11) is 2.09. The third kappa shape index (κ3) is 5.76. The molecule has 1 aliphatic heterocycles. The molecule has 1 atom stereocenters. The van der Waals surface area contributed by atoms with Gasteiger partial charge in [0.1, 0.15) is 0 Å². The number of rotatable bonds is 9. The number of carbonyl (C=O) groups is 3. The summed E-state index contributed by atoms with van der Waals surface area (Å²) < 4.78 is 4.88. The van der Waals surface area contributed by atoms with Crippen molar-refractivity contribution < 1.29 is 24.2 Å². The van der Waals surface area contributed by atoms with Crippen LogP contribution in [-0.4, -0.2) is 84.7 Å². The average molecular weight is 343 g/mol. The van der Waals surface area contributed by atoms with Gasteiger partial charge in [0.25, 0.3) is 0 Å². The molecule has 2 N–H and O–H groups in total. The highest BCUT2D eigenvalue weighted by atomic mass is 16.5. The number of amides is 1. The first kappa shape index (κ1) is 20.4. The fourth-order valence-corrected chi connectivity index (χ4v) is 2.82. The van der Waals surface area contributed by atoms with Crippen LogP contribution in [0, 0.1) is 0 Å². The van der Waals surface area contributed by atoms with E-state index in [9.17, 15) is 19.5 Å². The van der Waals surface area contributed by atoms with Gasteiger partial charge in [-0.05, 0) is 39.8 Å². The van der Waals surface area contributed by atoms with Crippen LogP contribution < -0.4 is 5.32 Å². The van der Waals surface area contributed by atoms with Crippen molar-refractivity contribution in [2.24, 2.45) is 0 Å². The highest BCUT2D eigenvalue weighted by Crippen LogP contribution is 2.18. The van der Waals surface area contributed by atoms with Gasteiger partial charge in [0.15, 0.2) is 0 Å². The lowest BCUT2D eigenvalue weighted by Crippen LogP contribution is -2.60. The van der Waals surface area contributed by atoms with Crippen LogP contribution in [-0.2, 0) is 19.1 Å². The van der Waals surface area contributed by atoms with E-state index in [0.29, 0.717) is 6.42 Å². The molecule has 1 rings (SSSR count). The Hall–Kier alpha value is -1.67. The molecule has 138 valence electrons. The number of hydrogen-bond donors (Lipinski definition) is 2. The molecule has 8 nitrogen and oxygen atoms in total. The van der Waals surface area contributed by atoms with Gasteiger partial charge in [0, 0.05) is 33.1 Å². The number of carbonyl (C=O) groups excluding carboxylic acids is 2. The van der Waals surface area contributed by atoms with Crippen LogP contribution in [0.3, 0.4) is 0 Å². The number of likely N-dealkylation sites (N-methyl/N-ethyl adjacent to an activating group) is 1. The fourth-order valence-electron chi connectivity index (χ4n) is 2.82. The number of carboxylic acid groups (broad SMARTS) is 1. The molecule has 1 amide bonds. The molecule has 0 spiro atoms. The zero-order valence-corrected chi connectivity index (χ0v) is 14.8. The average Bonchev–Trinajstić information content (AvgIpc) is 2.51. The van der Waals surface area contributed by atoms with E-state index in [0.717, 1.165) is 39.1 Å². The zero-order valence-electron chi connectivity index (χ0n) is 14.8. The normalized spacial score (nSPS) is 18.6. The summed E-state index contributed by atoms with van der Waals surface area (Å²) in [6.07, 6.45) is 1.30. The van der Waals surface area contributed by atoms with Crippen molar-refractivity contribution in [3.05, 3.63) is 0 Å². The lowest BCUT2D eigenvalue weighted by molar-refractivity contribution is -0.165. The molecule has 24 heavy (non-hydrogen) atoms. The Kier molecular flexibility index (Phi) is 8.14. The molecule has 1 fully saturated rings. The van der Waals surface area contributed by atoms with Crippen LogP contribution in [0.1, 0.15) is 33.1 Å². The Morgan fingerprint density at radius 2 is 1.79 bits per heavy atom. The summed E-state index contributed by atoms with van der Waals surface area (Å²) in [5.41, 5.74) is -2.00. The van der Waals surface area contributed by atoms with Crippen molar-refractivity contribution in [3.8, 4) is 0 Å². The molecule has 0 aromatic carbocycles. The monoisotopic (exact) mass is 343 g/mol. The van der Waals surface area contributed by atoms with Gasteiger partial charge in [-0.3, -0.25) is 4.79 Å². The molecule has 1 unspecified atom stereocenters. The van der Waals surface area contributed by atoms with Crippen molar-refractivity contribution in [1.29, 1.82) is 0 Å². The van der Waals surface area contributed by atoms with Crippen molar-refractivity contribution >= 4 is 17.8 Å². The van der Waals surface area contributed by atoms with Crippen molar-refractivity contribution in [2.45, 2.75) is 38.6 Å². The van der Waals surface area contributed by atoms with E-state index in [4.69, 9.17) is 4.74 Å². The number of nitrogens with zero attached hydrogens (tertiary/aromatic N) is 2. The zero-order chi connectivity index (χ0) is 18.2. The van der Waals surface area contributed by atoms with E-state index in [1.54, 1.807) is 6.92 Å². The van der Waals surface area contributed by atoms with Crippen LogP contribution in [0.2, 0.25) is 0 Å². The van der Waals surface area contributed by atoms with Gasteiger partial charge in [0.05, 0.1) is 6.61 Å². The van der Waals surface area contributed by atoms with Gasteiger partial charge in [-0.2, -0.15) is 0 Å². The summed E-state index contributed by atoms with van der Waals surface area (Å²) in [6, 6.07) is 0. The molecule has 1 aliphatic rings. The van der Waals surface area contributed by atoms with Crippen LogP contribution in [0.15, 0.2) is 0 Å². The Balaban J connectivity index is 2.59. The predicted octanol–water partition coefficient (Wildman–Crippen LogP) is -0.0733. The van der Waals surface area contributed by atoms with Gasteiger partial charge in [-0.1, -0.05) is 0 Å². The Morgan fingerprint density at radius 1 is 1.17 bits per heavy atom. The fraction of sp³-hybridized carbons (Fsp3) is 0.812. The summed E-state index contributed by atoms with van der Waals surface area (Å²) in [5.74, 6) is -2.85. The van der Waals surface area contributed by atoms with Gasteiger partial charge in [0.2, 0.25) is 11.4 Å². The molecule has 0 radical (unpaired) electrons. The van der Waals surface area contributed by atoms with Crippen LogP contribution in [0.5, 0.6) is 0 Å². The van der Waals surface area contributed by atoms with E-state index < -0.39 is 23.4 Å². The van der Waals surface area contributed by atoms with E-state index in [1.807, 2.05) is 0 Å². The Bertz CT molecular complexity index is 449. The number of nitrogens with one attached hydrogen (secondary N) is 1. The maximum Gasteiger partial charge on any atom is 0.343 e. The van der Waals surface area contributed by atoms with Crippen molar-refractivity contribution in [3.63, 3.8) is 0 Å². The maximum absolute atomic E-state index is 12.1.